The summed E-state index contributed by atoms with van der Waals surface area (Å²) in [7, 11) is 0. The van der Waals surface area contributed by atoms with Gasteiger partial charge >= 0.3 is 0 Å². The molecule has 0 radical (unpaired) electrons. The van der Waals surface area contributed by atoms with Gasteiger partial charge in [0.05, 0.1) is 5.39 Å². The number of aromatic nitrogens is 2. The summed E-state index contributed by atoms with van der Waals surface area (Å²) in [5, 5.41) is 4.44. The Morgan fingerprint density at radius 2 is 2.06 bits per heavy atom. The highest BCUT2D eigenvalue weighted by Crippen LogP contribution is 2.32. The third kappa shape index (κ3) is 2.56. The van der Waals surface area contributed by atoms with Gasteiger partial charge in [0.2, 0.25) is 0 Å². The lowest BCUT2D eigenvalue weighted by Crippen LogP contribution is -2.39. The quantitative estimate of drug-likeness (QED) is 0.878. The van der Waals surface area contributed by atoms with Crippen molar-refractivity contribution in [1.82, 2.24) is 9.97 Å². The second-order valence-corrected chi connectivity index (χ2v) is 6.23. The van der Waals surface area contributed by atoms with E-state index in [1.165, 1.54) is 10.4 Å². The number of nitrogens with two attached hydrogens (primary N) is 1. The van der Waals surface area contributed by atoms with Crippen molar-refractivity contribution in [3.8, 4) is 0 Å². The second-order valence-electron chi connectivity index (χ2n) is 5.03. The van der Waals surface area contributed by atoms with Gasteiger partial charge in [-0.2, -0.15) is 0 Å². The molecule has 3 N–H and O–H groups in total. The smallest absolute Gasteiger partial charge is 0.138 e. The number of hydrogen-bond donors (Lipinski definition) is 2. The Labute approximate surface area is 105 Å². The first-order valence-corrected chi connectivity index (χ1v) is 6.43. The zero-order valence-electron chi connectivity index (χ0n) is 10.7. The van der Waals surface area contributed by atoms with Crippen LogP contribution in [0.4, 0.5) is 5.82 Å². The molecule has 5 heteroatoms. The lowest BCUT2D eigenvalue weighted by molar-refractivity contribution is 0.549. The van der Waals surface area contributed by atoms with E-state index < -0.39 is 0 Å². The predicted molar refractivity (Wildman–Crippen MR) is 73.6 cm³/mol. The molecule has 0 saturated heterocycles. The van der Waals surface area contributed by atoms with Gasteiger partial charge in [-0.25, -0.2) is 9.97 Å². The van der Waals surface area contributed by atoms with Crippen LogP contribution in [-0.4, -0.2) is 22.1 Å². The summed E-state index contributed by atoms with van der Waals surface area (Å²) in [5.74, 6) is 0.885. The summed E-state index contributed by atoms with van der Waals surface area (Å²) in [6.45, 7) is 8.89. The lowest BCUT2D eigenvalue weighted by Gasteiger charge is -2.19. The molecule has 0 aliphatic rings. The maximum Gasteiger partial charge on any atom is 0.138 e. The SMILES string of the molecule is Cc1sc2ncnc(NCC(C)(C)N)c2c1C. The third-order valence-corrected chi connectivity index (χ3v) is 3.79. The Balaban J connectivity index is 2.40. The first kappa shape index (κ1) is 12.3. The molecule has 0 saturated carbocycles. The van der Waals surface area contributed by atoms with Crippen molar-refractivity contribution < 1.29 is 0 Å². The molecule has 0 aliphatic heterocycles. The number of thiophene rings is 1. The Kier molecular flexibility index (Phi) is 3.05. The van der Waals surface area contributed by atoms with Gasteiger partial charge in [-0.3, -0.25) is 0 Å². The largest absolute Gasteiger partial charge is 0.368 e. The topological polar surface area (TPSA) is 63.8 Å². The molecule has 17 heavy (non-hydrogen) atoms. The van der Waals surface area contributed by atoms with Crippen molar-refractivity contribution in [1.29, 1.82) is 0 Å². The second kappa shape index (κ2) is 4.23. The highest BCUT2D eigenvalue weighted by molar-refractivity contribution is 7.18. The Hall–Kier alpha value is -1.20. The van der Waals surface area contributed by atoms with Crippen LogP contribution in [0, 0.1) is 13.8 Å². The van der Waals surface area contributed by atoms with Crippen LogP contribution < -0.4 is 11.1 Å². The van der Waals surface area contributed by atoms with Crippen molar-refractivity contribution in [2.24, 2.45) is 5.73 Å². The van der Waals surface area contributed by atoms with E-state index in [0.717, 1.165) is 16.0 Å². The van der Waals surface area contributed by atoms with Crippen LogP contribution in [0.2, 0.25) is 0 Å². The highest BCUT2D eigenvalue weighted by Gasteiger charge is 2.14. The molecule has 2 rings (SSSR count). The highest BCUT2D eigenvalue weighted by atomic mass is 32.1. The molecule has 0 spiro atoms. The normalized spacial score (nSPS) is 12.1. The summed E-state index contributed by atoms with van der Waals surface area (Å²) >= 11 is 1.70. The summed E-state index contributed by atoms with van der Waals surface area (Å²) in [5.41, 5.74) is 6.97. The van der Waals surface area contributed by atoms with Crippen molar-refractivity contribution in [3.63, 3.8) is 0 Å². The molecule has 0 atom stereocenters. The van der Waals surface area contributed by atoms with Crippen molar-refractivity contribution in [2.45, 2.75) is 33.2 Å². The minimum atomic E-state index is -0.254. The van der Waals surface area contributed by atoms with Gasteiger partial charge in [0, 0.05) is 17.0 Å². The van der Waals surface area contributed by atoms with E-state index in [9.17, 15) is 0 Å². The zero-order valence-corrected chi connectivity index (χ0v) is 11.5. The van der Waals surface area contributed by atoms with Crippen LogP contribution in [0.5, 0.6) is 0 Å². The number of nitrogens with one attached hydrogen (secondary N) is 1. The van der Waals surface area contributed by atoms with Crippen molar-refractivity contribution in [3.05, 3.63) is 16.8 Å². The average molecular weight is 250 g/mol. The molecule has 0 aliphatic carbocycles. The number of anilines is 1. The van der Waals surface area contributed by atoms with Gasteiger partial charge < -0.3 is 11.1 Å². The fourth-order valence-electron chi connectivity index (χ4n) is 1.63. The Morgan fingerprint density at radius 1 is 1.35 bits per heavy atom. The number of hydrogen-bond acceptors (Lipinski definition) is 5. The molecule has 0 fully saturated rings. The molecule has 0 aromatic carbocycles. The van der Waals surface area contributed by atoms with Crippen LogP contribution in [-0.2, 0) is 0 Å². The molecular weight excluding hydrogens is 232 g/mol. The third-order valence-electron chi connectivity index (χ3n) is 2.68. The summed E-state index contributed by atoms with van der Waals surface area (Å²) in [6.07, 6.45) is 1.60. The van der Waals surface area contributed by atoms with Crippen molar-refractivity contribution in [2.75, 3.05) is 11.9 Å². The molecule has 0 bridgehead atoms. The number of nitrogens with zero attached hydrogens (tertiary/aromatic N) is 2. The van der Waals surface area contributed by atoms with E-state index in [4.69, 9.17) is 5.73 Å². The molecule has 4 nitrogen and oxygen atoms in total. The molecular formula is C12H18N4S. The summed E-state index contributed by atoms with van der Waals surface area (Å²) in [4.78, 5) is 10.9. The average Bonchev–Trinajstić information content (AvgIpc) is 2.52. The minimum absolute atomic E-state index is 0.254. The van der Waals surface area contributed by atoms with E-state index in [0.29, 0.717) is 6.54 Å². The van der Waals surface area contributed by atoms with Gasteiger partial charge in [-0.15, -0.1) is 11.3 Å². The van der Waals surface area contributed by atoms with E-state index >= 15 is 0 Å². The fourth-order valence-corrected chi connectivity index (χ4v) is 2.62. The standard InChI is InChI=1S/C12H18N4S/c1-7-8(2)17-11-9(7)10(15-6-16-11)14-5-12(3,4)13/h6H,5,13H2,1-4H3,(H,14,15,16). The van der Waals surface area contributed by atoms with Crippen molar-refractivity contribution >= 4 is 27.4 Å². The van der Waals surface area contributed by atoms with Crippen LogP contribution >= 0.6 is 11.3 Å². The molecule has 0 unspecified atom stereocenters. The molecule has 2 aromatic rings. The van der Waals surface area contributed by atoms with Gasteiger partial charge in [0.15, 0.2) is 0 Å². The Bertz CT molecular complexity index is 539. The fraction of sp³-hybridized carbons (Fsp3) is 0.500. The van der Waals surface area contributed by atoms with Crippen LogP contribution in [0.3, 0.4) is 0 Å². The molecule has 2 aromatic heterocycles. The lowest BCUT2D eigenvalue weighted by atomic mass is 10.1. The molecule has 92 valence electrons. The minimum Gasteiger partial charge on any atom is -0.368 e. The van der Waals surface area contributed by atoms with E-state index in [2.05, 4.69) is 29.1 Å². The van der Waals surface area contributed by atoms with E-state index in [1.807, 2.05) is 13.8 Å². The van der Waals surface area contributed by atoms with Crippen LogP contribution in [0.25, 0.3) is 10.2 Å². The predicted octanol–water partition coefficient (Wildman–Crippen LogP) is 2.46. The maximum absolute atomic E-state index is 5.97. The van der Waals surface area contributed by atoms with Crippen LogP contribution in [0.15, 0.2) is 6.33 Å². The van der Waals surface area contributed by atoms with Crippen LogP contribution in [0.1, 0.15) is 24.3 Å². The number of fused-ring (bicyclic) bond motifs is 1. The first-order valence-electron chi connectivity index (χ1n) is 5.62. The summed E-state index contributed by atoms with van der Waals surface area (Å²) in [6, 6.07) is 0. The van der Waals surface area contributed by atoms with E-state index in [1.54, 1.807) is 17.7 Å². The maximum atomic E-state index is 5.97. The number of aryl methyl sites for hydroxylation is 2. The van der Waals surface area contributed by atoms with Gasteiger partial charge in [0.1, 0.15) is 17.0 Å². The molecule has 0 amide bonds. The first-order chi connectivity index (χ1) is 7.88. The number of rotatable bonds is 3. The molecule has 2 heterocycles. The monoisotopic (exact) mass is 250 g/mol. The van der Waals surface area contributed by atoms with E-state index in [-0.39, 0.29) is 5.54 Å². The van der Waals surface area contributed by atoms with Gasteiger partial charge in [0.25, 0.3) is 0 Å². The van der Waals surface area contributed by atoms with Gasteiger partial charge in [-0.1, -0.05) is 0 Å². The zero-order chi connectivity index (χ0) is 12.6. The Morgan fingerprint density at radius 3 is 2.71 bits per heavy atom. The van der Waals surface area contributed by atoms with Gasteiger partial charge in [-0.05, 0) is 33.3 Å². The summed E-state index contributed by atoms with van der Waals surface area (Å²) < 4.78 is 0.